The van der Waals surface area contributed by atoms with Gasteiger partial charge in [-0.05, 0) is 28.7 Å². The van der Waals surface area contributed by atoms with E-state index in [-0.39, 0.29) is 11.1 Å². The Morgan fingerprint density at radius 3 is 2.21 bits per heavy atom. The summed E-state index contributed by atoms with van der Waals surface area (Å²) in [6.45, 7) is 0. The number of hydrogen-bond donors (Lipinski definition) is 0. The molecule has 0 aliphatic heterocycles. The van der Waals surface area contributed by atoms with Crippen LogP contribution in [0.25, 0.3) is 11.1 Å². The maximum absolute atomic E-state index is 14.6. The van der Waals surface area contributed by atoms with Gasteiger partial charge in [-0.25, -0.2) is 13.2 Å². The molecule has 0 N–H and O–H groups in total. The molecule has 0 nitrogen and oxygen atoms in total. The minimum atomic E-state index is -1.42. The van der Waals surface area contributed by atoms with Crippen molar-refractivity contribution in [1.29, 1.82) is 0 Å². The summed E-state index contributed by atoms with van der Waals surface area (Å²) in [7, 11) is 0. The summed E-state index contributed by atoms with van der Waals surface area (Å²) >= 11 is 3.47. The topological polar surface area (TPSA) is 0 Å². The van der Waals surface area contributed by atoms with Gasteiger partial charge in [0.15, 0.2) is 17.5 Å². The molecule has 0 heterocycles. The van der Waals surface area contributed by atoms with E-state index >= 15 is 0 Å². The SMILES string of the molecule is Fc1c(F)c2c(c(C(Br)c3ccccc3)c1F)Cc1ccccc1-2. The second kappa shape index (κ2) is 5.78. The van der Waals surface area contributed by atoms with Crippen molar-refractivity contribution in [3.8, 4) is 11.1 Å². The molecule has 0 radical (unpaired) electrons. The molecule has 0 saturated heterocycles. The first-order valence-corrected chi connectivity index (χ1v) is 8.47. The van der Waals surface area contributed by atoms with Crippen LogP contribution in [0, 0.1) is 17.5 Å². The van der Waals surface area contributed by atoms with Gasteiger partial charge in [0.05, 0.1) is 4.83 Å². The maximum atomic E-state index is 14.6. The zero-order valence-corrected chi connectivity index (χ0v) is 14.1. The molecular weight excluding hydrogens is 377 g/mol. The monoisotopic (exact) mass is 388 g/mol. The number of alkyl halides is 1. The average molecular weight is 389 g/mol. The second-order valence-electron chi connectivity index (χ2n) is 5.82. The molecule has 0 bridgehead atoms. The standard InChI is InChI=1S/C20H12BrF3/c21-17(11-6-2-1-3-7-11)16-14-10-12-8-4-5-9-13(12)15(14)18(22)20(24)19(16)23/h1-9,17H,10H2. The lowest BCUT2D eigenvalue weighted by Crippen LogP contribution is -2.07. The summed E-state index contributed by atoms with van der Waals surface area (Å²) in [5, 5.41) is 0. The molecule has 24 heavy (non-hydrogen) atoms. The van der Waals surface area contributed by atoms with Crippen LogP contribution in [-0.2, 0) is 6.42 Å². The highest BCUT2D eigenvalue weighted by Crippen LogP contribution is 2.46. The Labute approximate surface area is 146 Å². The van der Waals surface area contributed by atoms with E-state index in [1.165, 1.54) is 0 Å². The van der Waals surface area contributed by atoms with Crippen molar-refractivity contribution >= 4 is 15.9 Å². The van der Waals surface area contributed by atoms with Crippen molar-refractivity contribution in [2.24, 2.45) is 0 Å². The Kier molecular flexibility index (Phi) is 3.72. The summed E-state index contributed by atoms with van der Waals surface area (Å²) < 4.78 is 43.3. The molecule has 0 fully saturated rings. The highest BCUT2D eigenvalue weighted by atomic mass is 79.9. The first-order chi connectivity index (χ1) is 11.6. The largest absolute Gasteiger partial charge is 0.203 e. The smallest absolute Gasteiger partial charge is 0.195 e. The molecule has 1 aliphatic rings. The van der Waals surface area contributed by atoms with Crippen LogP contribution in [0.4, 0.5) is 13.2 Å². The number of benzene rings is 3. The van der Waals surface area contributed by atoms with E-state index in [2.05, 4.69) is 15.9 Å². The number of fused-ring (bicyclic) bond motifs is 3. The van der Waals surface area contributed by atoms with Crippen LogP contribution < -0.4 is 0 Å². The molecule has 0 amide bonds. The van der Waals surface area contributed by atoms with Crippen LogP contribution in [0.3, 0.4) is 0 Å². The molecule has 1 atom stereocenters. The third kappa shape index (κ3) is 2.20. The lowest BCUT2D eigenvalue weighted by Gasteiger charge is -2.17. The highest BCUT2D eigenvalue weighted by Gasteiger charge is 2.33. The van der Waals surface area contributed by atoms with E-state index in [4.69, 9.17) is 0 Å². The number of halogens is 4. The van der Waals surface area contributed by atoms with Gasteiger partial charge in [0.25, 0.3) is 0 Å². The van der Waals surface area contributed by atoms with Crippen molar-refractivity contribution < 1.29 is 13.2 Å². The van der Waals surface area contributed by atoms with Gasteiger partial charge in [-0.1, -0.05) is 70.5 Å². The Balaban J connectivity index is 1.99. The fourth-order valence-electron chi connectivity index (χ4n) is 3.35. The third-order valence-electron chi connectivity index (χ3n) is 4.47. The Hall–Kier alpha value is -2.07. The van der Waals surface area contributed by atoms with Crippen molar-refractivity contribution in [3.05, 3.63) is 94.3 Å². The summed E-state index contributed by atoms with van der Waals surface area (Å²) in [6.07, 6.45) is 0.393. The van der Waals surface area contributed by atoms with Gasteiger partial charge >= 0.3 is 0 Å². The molecule has 0 spiro atoms. The van der Waals surface area contributed by atoms with Crippen LogP contribution >= 0.6 is 15.9 Å². The van der Waals surface area contributed by atoms with E-state index in [0.717, 1.165) is 11.1 Å². The van der Waals surface area contributed by atoms with Crippen molar-refractivity contribution in [3.63, 3.8) is 0 Å². The van der Waals surface area contributed by atoms with Crippen molar-refractivity contribution in [2.45, 2.75) is 11.2 Å². The molecule has 0 saturated carbocycles. The number of hydrogen-bond acceptors (Lipinski definition) is 0. The van der Waals surface area contributed by atoms with Crippen LogP contribution in [0.1, 0.15) is 27.1 Å². The fraction of sp³-hybridized carbons (Fsp3) is 0.100. The molecule has 3 aromatic carbocycles. The van der Waals surface area contributed by atoms with E-state index in [0.29, 0.717) is 17.5 Å². The van der Waals surface area contributed by atoms with E-state index in [1.807, 2.05) is 42.5 Å². The van der Waals surface area contributed by atoms with Crippen LogP contribution in [0.2, 0.25) is 0 Å². The van der Waals surface area contributed by atoms with E-state index in [1.54, 1.807) is 12.1 Å². The van der Waals surface area contributed by atoms with Gasteiger partial charge in [0, 0.05) is 11.1 Å². The highest BCUT2D eigenvalue weighted by molar-refractivity contribution is 9.09. The molecular formula is C20H12BrF3. The van der Waals surface area contributed by atoms with Gasteiger partial charge < -0.3 is 0 Å². The Morgan fingerprint density at radius 1 is 0.792 bits per heavy atom. The Bertz CT molecular complexity index is 935. The maximum Gasteiger partial charge on any atom is 0.195 e. The molecule has 4 heteroatoms. The van der Waals surface area contributed by atoms with Crippen LogP contribution in [-0.4, -0.2) is 0 Å². The fourth-order valence-corrected chi connectivity index (χ4v) is 4.13. The first-order valence-electron chi connectivity index (χ1n) is 7.56. The van der Waals surface area contributed by atoms with Crippen molar-refractivity contribution in [2.75, 3.05) is 0 Å². The molecule has 120 valence electrons. The van der Waals surface area contributed by atoms with Crippen LogP contribution in [0.5, 0.6) is 0 Å². The van der Waals surface area contributed by atoms with E-state index in [9.17, 15) is 13.2 Å². The molecule has 0 aromatic heterocycles. The van der Waals surface area contributed by atoms with E-state index < -0.39 is 22.3 Å². The van der Waals surface area contributed by atoms with Crippen molar-refractivity contribution in [1.82, 2.24) is 0 Å². The minimum Gasteiger partial charge on any atom is -0.203 e. The first kappa shape index (κ1) is 15.5. The lowest BCUT2D eigenvalue weighted by atomic mass is 9.94. The third-order valence-corrected chi connectivity index (χ3v) is 5.45. The van der Waals surface area contributed by atoms with Gasteiger partial charge in [0.1, 0.15) is 0 Å². The second-order valence-corrected chi connectivity index (χ2v) is 6.73. The van der Waals surface area contributed by atoms with Crippen LogP contribution in [0.15, 0.2) is 54.6 Å². The van der Waals surface area contributed by atoms with Gasteiger partial charge in [-0.3, -0.25) is 0 Å². The lowest BCUT2D eigenvalue weighted by molar-refractivity contribution is 0.442. The van der Waals surface area contributed by atoms with Gasteiger partial charge in [-0.15, -0.1) is 0 Å². The zero-order chi connectivity index (χ0) is 16.8. The molecule has 3 aromatic rings. The molecule has 1 aliphatic carbocycles. The summed E-state index contributed by atoms with van der Waals surface area (Å²) in [5.41, 5.74) is 3.17. The Morgan fingerprint density at radius 2 is 1.46 bits per heavy atom. The average Bonchev–Trinajstić information content (AvgIpc) is 2.99. The zero-order valence-electron chi connectivity index (χ0n) is 12.5. The molecule has 1 unspecified atom stereocenters. The minimum absolute atomic E-state index is 0.172. The van der Waals surface area contributed by atoms with Gasteiger partial charge in [-0.2, -0.15) is 0 Å². The van der Waals surface area contributed by atoms with Gasteiger partial charge in [0.2, 0.25) is 0 Å². The summed E-state index contributed by atoms with van der Waals surface area (Å²) in [6, 6.07) is 16.4. The normalized spacial score (nSPS) is 13.5. The summed E-state index contributed by atoms with van der Waals surface area (Å²) in [4.78, 5) is -0.545. The quantitative estimate of drug-likeness (QED) is 0.285. The summed E-state index contributed by atoms with van der Waals surface area (Å²) in [5.74, 6) is -3.64. The predicted octanol–water partition coefficient (Wildman–Crippen LogP) is 6.16. The predicted molar refractivity (Wildman–Crippen MR) is 91.8 cm³/mol. The number of rotatable bonds is 2. The molecule has 4 rings (SSSR count).